The summed E-state index contributed by atoms with van der Waals surface area (Å²) in [6, 6.07) is 10.8. The third-order valence-corrected chi connectivity index (χ3v) is 3.25. The largest absolute Gasteiger partial charge is 0.281 e. The molecule has 1 aromatic carbocycles. The average Bonchev–Trinajstić information content (AvgIpc) is 2.72. The highest BCUT2D eigenvalue weighted by Gasteiger charge is 2.08. The van der Waals surface area contributed by atoms with Gasteiger partial charge >= 0.3 is 0 Å². The monoisotopic (exact) mass is 304 g/mol. The zero-order valence-corrected chi connectivity index (χ0v) is 12.1. The molecule has 0 amide bonds. The van der Waals surface area contributed by atoms with E-state index in [9.17, 15) is 0 Å². The van der Waals surface area contributed by atoms with Crippen LogP contribution in [0, 0.1) is 6.92 Å². The standard InChI is InChI=1S/C14H10Cl2N4/c1-9-14(19-18-12-4-2-3-10(15)7-12)20-8-11(16)5-6-13(20)17-9/h2-8H,1H3. The first kappa shape index (κ1) is 13.1. The molecule has 6 heteroatoms. The van der Waals surface area contributed by atoms with Gasteiger partial charge in [-0.15, -0.1) is 10.2 Å². The van der Waals surface area contributed by atoms with E-state index in [1.54, 1.807) is 24.4 Å². The molecule has 2 aromatic heterocycles. The van der Waals surface area contributed by atoms with Crippen LogP contribution < -0.4 is 0 Å². The van der Waals surface area contributed by atoms with Crippen molar-refractivity contribution in [2.45, 2.75) is 6.92 Å². The second kappa shape index (κ2) is 5.23. The number of imidazole rings is 1. The van der Waals surface area contributed by atoms with Crippen molar-refractivity contribution in [2.24, 2.45) is 10.2 Å². The van der Waals surface area contributed by atoms with Crippen LogP contribution in [0.15, 0.2) is 52.8 Å². The Morgan fingerprint density at radius 3 is 2.70 bits per heavy atom. The van der Waals surface area contributed by atoms with Crippen LogP contribution in [0.3, 0.4) is 0 Å². The molecule has 0 aliphatic carbocycles. The van der Waals surface area contributed by atoms with Crippen LogP contribution in [0.2, 0.25) is 10.0 Å². The van der Waals surface area contributed by atoms with Crippen LogP contribution in [0.5, 0.6) is 0 Å². The highest BCUT2D eigenvalue weighted by Crippen LogP contribution is 2.25. The van der Waals surface area contributed by atoms with Gasteiger partial charge < -0.3 is 0 Å². The number of pyridine rings is 1. The first-order valence-corrected chi connectivity index (χ1v) is 6.70. The van der Waals surface area contributed by atoms with Crippen molar-refractivity contribution in [3.8, 4) is 0 Å². The van der Waals surface area contributed by atoms with E-state index < -0.39 is 0 Å². The normalized spacial score (nSPS) is 11.6. The molecule has 20 heavy (non-hydrogen) atoms. The summed E-state index contributed by atoms with van der Waals surface area (Å²) in [6.07, 6.45) is 1.77. The fraction of sp³-hybridized carbons (Fsp3) is 0.0714. The van der Waals surface area contributed by atoms with Crippen molar-refractivity contribution in [3.05, 3.63) is 58.3 Å². The van der Waals surface area contributed by atoms with Gasteiger partial charge in [0.25, 0.3) is 0 Å². The van der Waals surface area contributed by atoms with E-state index in [0.29, 0.717) is 21.6 Å². The van der Waals surface area contributed by atoms with E-state index in [0.717, 1.165) is 11.3 Å². The molecule has 4 nitrogen and oxygen atoms in total. The van der Waals surface area contributed by atoms with Gasteiger partial charge in [0.05, 0.1) is 16.4 Å². The summed E-state index contributed by atoms with van der Waals surface area (Å²) in [4.78, 5) is 4.41. The molecule has 0 N–H and O–H groups in total. The fourth-order valence-corrected chi connectivity index (χ4v) is 2.23. The number of hydrogen-bond donors (Lipinski definition) is 0. The maximum Gasteiger partial charge on any atom is 0.182 e. The molecule has 0 spiro atoms. The Balaban J connectivity index is 2.06. The summed E-state index contributed by atoms with van der Waals surface area (Å²) in [5, 5.41) is 9.69. The highest BCUT2D eigenvalue weighted by atomic mass is 35.5. The van der Waals surface area contributed by atoms with Crippen molar-refractivity contribution < 1.29 is 0 Å². The number of hydrogen-bond acceptors (Lipinski definition) is 3. The van der Waals surface area contributed by atoms with E-state index in [1.807, 2.05) is 29.5 Å². The topological polar surface area (TPSA) is 42.0 Å². The molecule has 0 bridgehead atoms. The van der Waals surface area contributed by atoms with E-state index in [-0.39, 0.29) is 0 Å². The lowest BCUT2D eigenvalue weighted by Gasteiger charge is -1.97. The van der Waals surface area contributed by atoms with Crippen LogP contribution in [0.4, 0.5) is 11.5 Å². The van der Waals surface area contributed by atoms with Crippen molar-refractivity contribution in [2.75, 3.05) is 0 Å². The van der Waals surface area contributed by atoms with Gasteiger partial charge in [0.15, 0.2) is 5.82 Å². The molecule has 0 fully saturated rings. The lowest BCUT2D eigenvalue weighted by molar-refractivity contribution is 1.09. The maximum atomic E-state index is 6.00. The molecule has 2 heterocycles. The lowest BCUT2D eigenvalue weighted by atomic mass is 10.3. The Morgan fingerprint density at radius 1 is 1.05 bits per heavy atom. The van der Waals surface area contributed by atoms with Crippen LogP contribution >= 0.6 is 23.2 Å². The number of aryl methyl sites for hydroxylation is 1. The molecule has 0 saturated carbocycles. The molecular weight excluding hydrogens is 295 g/mol. The average molecular weight is 305 g/mol. The molecule has 3 aromatic rings. The molecule has 0 atom stereocenters. The predicted octanol–water partition coefficient (Wildman–Crippen LogP) is 5.36. The number of benzene rings is 1. The Bertz CT molecular complexity index is 808. The molecular formula is C14H10Cl2N4. The second-order valence-corrected chi connectivity index (χ2v) is 5.15. The molecule has 0 aliphatic heterocycles. The summed E-state index contributed by atoms with van der Waals surface area (Å²) in [6.45, 7) is 1.88. The minimum atomic E-state index is 0.620. The van der Waals surface area contributed by atoms with E-state index in [4.69, 9.17) is 23.2 Å². The Labute approximate surface area is 125 Å². The summed E-state index contributed by atoms with van der Waals surface area (Å²) >= 11 is 11.9. The zero-order chi connectivity index (χ0) is 14.1. The van der Waals surface area contributed by atoms with E-state index >= 15 is 0 Å². The molecule has 3 rings (SSSR count). The van der Waals surface area contributed by atoms with Crippen LogP contribution in [0.1, 0.15) is 5.69 Å². The molecule has 0 unspecified atom stereocenters. The maximum absolute atomic E-state index is 6.00. The minimum Gasteiger partial charge on any atom is -0.281 e. The molecule has 0 radical (unpaired) electrons. The van der Waals surface area contributed by atoms with Crippen LogP contribution in [-0.4, -0.2) is 9.38 Å². The second-order valence-electron chi connectivity index (χ2n) is 4.28. The number of azo groups is 1. The summed E-state index contributed by atoms with van der Waals surface area (Å²) in [5.74, 6) is 0.655. The molecule has 0 saturated heterocycles. The summed E-state index contributed by atoms with van der Waals surface area (Å²) in [7, 11) is 0. The number of halogens is 2. The van der Waals surface area contributed by atoms with Gasteiger partial charge in [-0.05, 0) is 37.3 Å². The van der Waals surface area contributed by atoms with Gasteiger partial charge in [0.2, 0.25) is 0 Å². The summed E-state index contributed by atoms with van der Waals surface area (Å²) in [5.41, 5.74) is 2.26. The molecule has 100 valence electrons. The van der Waals surface area contributed by atoms with Gasteiger partial charge in [-0.2, -0.15) is 0 Å². The summed E-state index contributed by atoms with van der Waals surface area (Å²) < 4.78 is 1.81. The van der Waals surface area contributed by atoms with Crippen molar-refractivity contribution in [3.63, 3.8) is 0 Å². The first-order chi connectivity index (χ1) is 9.63. The Hall–Kier alpha value is -1.91. The zero-order valence-electron chi connectivity index (χ0n) is 10.6. The third-order valence-electron chi connectivity index (χ3n) is 2.79. The predicted molar refractivity (Wildman–Crippen MR) is 80.6 cm³/mol. The Morgan fingerprint density at radius 2 is 1.90 bits per heavy atom. The number of nitrogens with zero attached hydrogens (tertiary/aromatic N) is 4. The highest BCUT2D eigenvalue weighted by molar-refractivity contribution is 6.31. The quantitative estimate of drug-likeness (QED) is 0.587. The smallest absolute Gasteiger partial charge is 0.182 e. The molecule has 0 aliphatic rings. The SMILES string of the molecule is Cc1nc2ccc(Cl)cn2c1N=Nc1cccc(Cl)c1. The van der Waals surface area contributed by atoms with E-state index in [2.05, 4.69) is 15.2 Å². The lowest BCUT2D eigenvalue weighted by Crippen LogP contribution is -1.82. The van der Waals surface area contributed by atoms with Gasteiger partial charge in [0.1, 0.15) is 5.65 Å². The van der Waals surface area contributed by atoms with Gasteiger partial charge in [-0.1, -0.05) is 29.3 Å². The number of fused-ring (bicyclic) bond motifs is 1. The number of aromatic nitrogens is 2. The van der Waals surface area contributed by atoms with Crippen molar-refractivity contribution >= 4 is 40.4 Å². The van der Waals surface area contributed by atoms with Gasteiger partial charge in [-0.3, -0.25) is 4.40 Å². The van der Waals surface area contributed by atoms with Crippen molar-refractivity contribution in [1.82, 2.24) is 9.38 Å². The van der Waals surface area contributed by atoms with Crippen molar-refractivity contribution in [1.29, 1.82) is 0 Å². The van der Waals surface area contributed by atoms with Crippen LogP contribution in [-0.2, 0) is 0 Å². The van der Waals surface area contributed by atoms with Gasteiger partial charge in [0, 0.05) is 11.2 Å². The minimum absolute atomic E-state index is 0.620. The van der Waals surface area contributed by atoms with Crippen LogP contribution in [0.25, 0.3) is 5.65 Å². The Kier molecular flexibility index (Phi) is 3.42. The van der Waals surface area contributed by atoms with E-state index in [1.165, 1.54) is 0 Å². The van der Waals surface area contributed by atoms with Gasteiger partial charge in [-0.25, -0.2) is 4.98 Å². The first-order valence-electron chi connectivity index (χ1n) is 5.95. The fourth-order valence-electron chi connectivity index (χ4n) is 1.89. The third kappa shape index (κ3) is 2.53. The number of rotatable bonds is 2.